The summed E-state index contributed by atoms with van der Waals surface area (Å²) in [6.07, 6.45) is 0. The van der Waals surface area contributed by atoms with Crippen LogP contribution in [0.25, 0.3) is 0 Å². The Morgan fingerprint density at radius 2 is 1.92 bits per heavy atom. The number of aromatic carboxylic acids is 2. The van der Waals surface area contributed by atoms with Gasteiger partial charge in [0.1, 0.15) is 0 Å². The minimum atomic E-state index is -1.09. The molecular weight excluding hydrogens is 175 g/mol. The molecule has 58 valence electrons. The van der Waals surface area contributed by atoms with Crippen molar-refractivity contribution in [3.63, 3.8) is 0 Å². The summed E-state index contributed by atoms with van der Waals surface area (Å²) in [5, 5.41) is 17.1. The van der Waals surface area contributed by atoms with Crippen LogP contribution in [0.3, 0.4) is 0 Å². The third-order valence-corrected chi connectivity index (χ3v) is 2.54. The molecule has 1 aromatic heterocycles. The molecule has 0 fully saturated rings. The van der Waals surface area contributed by atoms with E-state index in [1.165, 1.54) is 6.07 Å². The summed E-state index contributed by atoms with van der Waals surface area (Å²) in [6.45, 7) is 0. The van der Waals surface area contributed by atoms with Gasteiger partial charge < -0.3 is 0 Å². The Bertz CT molecular complexity index is 343. The molecule has 0 saturated heterocycles. The molecule has 2 N–H and O–H groups in total. The fourth-order valence-electron chi connectivity index (χ4n) is 0.800. The van der Waals surface area contributed by atoms with Gasteiger partial charge in [-0.05, 0) is 0 Å². The quantitative estimate of drug-likeness (QED) is 0.622. The van der Waals surface area contributed by atoms with Crippen LogP contribution in [0, 0.1) is 0 Å². The number of carbonyl (C=O) groups is 2. The molecule has 0 aromatic carbocycles. The first kappa shape index (κ1) is 9.33. The van der Waals surface area contributed by atoms with Gasteiger partial charge >= 0.3 is 80.8 Å². The normalized spacial score (nSPS) is 9.83. The third-order valence-electron chi connectivity index (χ3n) is 1.32. The molecule has 1 aromatic rings. The van der Waals surface area contributed by atoms with Gasteiger partial charge in [0.25, 0.3) is 0 Å². The number of carboxylic acids is 2. The second-order valence-electron chi connectivity index (χ2n) is 2.23. The molecule has 0 saturated carbocycles. The van der Waals surface area contributed by atoms with E-state index in [9.17, 15) is 9.59 Å². The molecule has 0 aliphatic heterocycles. The van der Waals surface area contributed by atoms with E-state index in [1.807, 2.05) is 0 Å². The van der Waals surface area contributed by atoms with Crippen LogP contribution in [-0.2, 0) is 0 Å². The van der Waals surface area contributed by atoms with Crippen molar-refractivity contribution >= 4 is 45.2 Å². The molecule has 0 unspecified atom stereocenters. The molecule has 4 nitrogen and oxygen atoms in total. The first-order valence-corrected chi connectivity index (χ1v) is 3.91. The summed E-state index contributed by atoms with van der Waals surface area (Å²) in [6, 6.07) is 1.36. The van der Waals surface area contributed by atoms with Gasteiger partial charge in [0.2, 0.25) is 0 Å². The average Bonchev–Trinajstić information content (AvgIpc) is 2.30. The zero-order valence-electron chi connectivity index (χ0n) is 6.20. The Hall–Kier alpha value is -0.763. The standard InChI is InChI=1S/C6H3O4S.Li/c7-5(8)3-1-2-4(11-3)6(9)10;/h1H,(H,7,8)(H,9,10);. The first-order chi connectivity index (χ1) is 5.52. The van der Waals surface area contributed by atoms with Crippen molar-refractivity contribution in [2.75, 3.05) is 0 Å². The zero-order chi connectivity index (χ0) is 9.30. The van der Waals surface area contributed by atoms with Crippen molar-refractivity contribution in [1.29, 1.82) is 0 Å². The Morgan fingerprint density at radius 3 is 2.17 bits per heavy atom. The second kappa shape index (κ2) is 3.31. The molecule has 6 heteroatoms. The maximum absolute atomic E-state index is 10.5. The van der Waals surface area contributed by atoms with Crippen molar-refractivity contribution in [2.24, 2.45) is 0 Å². The zero-order valence-corrected chi connectivity index (χ0v) is 7.01. The van der Waals surface area contributed by atoms with Crippen molar-refractivity contribution in [2.45, 2.75) is 0 Å². The summed E-state index contributed by atoms with van der Waals surface area (Å²) in [4.78, 5) is 21.0. The Kier molecular flexibility index (Phi) is 2.58. The topological polar surface area (TPSA) is 74.6 Å². The predicted octanol–water partition coefficient (Wildman–Crippen LogP) is -0.0617. The molecule has 0 aliphatic carbocycles. The molecule has 1 rings (SSSR count). The van der Waals surface area contributed by atoms with Crippen molar-refractivity contribution in [3.05, 3.63) is 15.8 Å². The molecule has 0 amide bonds. The molecule has 0 radical (unpaired) electrons. The number of carboxylic acid groups (broad SMARTS) is 2. The Morgan fingerprint density at radius 1 is 1.33 bits per heavy atom. The van der Waals surface area contributed by atoms with E-state index in [2.05, 4.69) is 0 Å². The predicted molar refractivity (Wildman–Crippen MR) is 43.6 cm³/mol. The average molecular weight is 178 g/mol. The molecule has 0 atom stereocenters. The number of rotatable bonds is 2. The van der Waals surface area contributed by atoms with Gasteiger partial charge in [-0.25, -0.2) is 0 Å². The van der Waals surface area contributed by atoms with Gasteiger partial charge in [0.15, 0.2) is 0 Å². The van der Waals surface area contributed by atoms with Crippen molar-refractivity contribution < 1.29 is 19.8 Å². The van der Waals surface area contributed by atoms with Crippen LogP contribution in [0.15, 0.2) is 6.07 Å². The number of hydrogen-bond donors (Lipinski definition) is 2. The summed E-state index contributed by atoms with van der Waals surface area (Å²) >= 11 is 2.35. The van der Waals surface area contributed by atoms with Crippen molar-refractivity contribution in [3.8, 4) is 0 Å². The van der Waals surface area contributed by atoms with Gasteiger partial charge in [-0.1, -0.05) is 0 Å². The van der Waals surface area contributed by atoms with Crippen molar-refractivity contribution in [1.82, 2.24) is 0 Å². The fraction of sp³-hybridized carbons (Fsp3) is 0. The van der Waals surface area contributed by atoms with Crippen LogP contribution in [0.1, 0.15) is 19.3 Å². The van der Waals surface area contributed by atoms with Gasteiger partial charge in [0.05, 0.1) is 0 Å². The number of thiophene rings is 1. The fourth-order valence-corrected chi connectivity index (χ4v) is 1.65. The van der Waals surface area contributed by atoms with E-state index in [0.29, 0.717) is 4.24 Å². The summed E-state index contributed by atoms with van der Waals surface area (Å²) in [5.41, 5.74) is 0. The van der Waals surface area contributed by atoms with Gasteiger partial charge in [-0.15, -0.1) is 0 Å². The van der Waals surface area contributed by atoms with E-state index in [4.69, 9.17) is 10.2 Å². The Labute approximate surface area is 81.0 Å². The van der Waals surface area contributed by atoms with Crippen LogP contribution in [0.2, 0.25) is 0 Å². The van der Waals surface area contributed by atoms with Crippen LogP contribution in [-0.4, -0.2) is 39.9 Å². The monoisotopic (exact) mass is 178 g/mol. The SMILES string of the molecule is [Li][c]1cc(C(=O)O)sc1C(=O)O. The molecule has 12 heavy (non-hydrogen) atoms. The summed E-state index contributed by atoms with van der Waals surface area (Å²) in [7, 11) is 0. The summed E-state index contributed by atoms with van der Waals surface area (Å²) in [5.74, 6) is -2.17. The van der Waals surface area contributed by atoms with E-state index in [-0.39, 0.29) is 9.75 Å². The maximum atomic E-state index is 10.5. The molecule has 0 aliphatic rings. The molecule has 0 spiro atoms. The van der Waals surface area contributed by atoms with Crippen LogP contribution in [0.5, 0.6) is 0 Å². The minimum absolute atomic E-state index is 0.0601. The van der Waals surface area contributed by atoms with Gasteiger partial charge in [-0.2, -0.15) is 0 Å². The molecule has 0 bridgehead atoms. The van der Waals surface area contributed by atoms with E-state index >= 15 is 0 Å². The van der Waals surface area contributed by atoms with Crippen LogP contribution in [0.4, 0.5) is 0 Å². The first-order valence-electron chi connectivity index (χ1n) is 3.09. The van der Waals surface area contributed by atoms with Crippen LogP contribution < -0.4 is 4.24 Å². The van der Waals surface area contributed by atoms with E-state index in [1.54, 1.807) is 17.7 Å². The van der Waals surface area contributed by atoms with Gasteiger partial charge in [-0.3, -0.25) is 0 Å². The third kappa shape index (κ3) is 1.69. The van der Waals surface area contributed by atoms with Crippen LogP contribution >= 0.6 is 11.3 Å². The number of hydrogen-bond acceptors (Lipinski definition) is 3. The van der Waals surface area contributed by atoms with Gasteiger partial charge in [0, 0.05) is 0 Å². The Balaban J connectivity index is 3.17. The van der Waals surface area contributed by atoms with E-state index in [0.717, 1.165) is 11.3 Å². The molecular formula is C6H3LiO4S. The van der Waals surface area contributed by atoms with E-state index < -0.39 is 11.9 Å². The molecule has 1 heterocycles. The summed E-state index contributed by atoms with van der Waals surface area (Å²) < 4.78 is 0.491. The second-order valence-corrected chi connectivity index (χ2v) is 3.29.